The Morgan fingerprint density at radius 3 is 2.44 bits per heavy atom. The molecule has 1 saturated heterocycles. The first-order valence-electron chi connectivity index (χ1n) is 9.45. The number of morpholine rings is 1. The summed E-state index contributed by atoms with van der Waals surface area (Å²) in [6, 6.07) is 4.71. The van der Waals surface area contributed by atoms with E-state index in [1.807, 2.05) is 0 Å². The molecule has 6 nitrogen and oxygen atoms in total. The van der Waals surface area contributed by atoms with Gasteiger partial charge in [0.2, 0.25) is 10.0 Å². The molecule has 1 aliphatic heterocycles. The van der Waals surface area contributed by atoms with E-state index in [1.165, 1.54) is 16.4 Å². The van der Waals surface area contributed by atoms with Gasteiger partial charge < -0.3 is 9.64 Å². The molecule has 0 radical (unpaired) electrons. The van der Waals surface area contributed by atoms with Crippen molar-refractivity contribution in [3.63, 3.8) is 0 Å². The molecule has 27 heavy (non-hydrogen) atoms. The number of hydrogen-bond donors (Lipinski definition) is 0. The molecule has 0 bridgehead atoms. The Morgan fingerprint density at radius 1 is 1.19 bits per heavy atom. The summed E-state index contributed by atoms with van der Waals surface area (Å²) >= 11 is 6.19. The Hall–Kier alpha value is -1.15. The Balaban J connectivity index is 1.83. The topological polar surface area (TPSA) is 66.9 Å². The summed E-state index contributed by atoms with van der Waals surface area (Å²) in [6.07, 6.45) is 4.19. The monoisotopic (exact) mass is 414 g/mol. The Bertz CT molecular complexity index is 785. The lowest BCUT2D eigenvalue weighted by Crippen LogP contribution is -2.41. The van der Waals surface area contributed by atoms with E-state index in [9.17, 15) is 13.2 Å². The number of benzene rings is 1. The summed E-state index contributed by atoms with van der Waals surface area (Å²) in [7, 11) is -1.96. The van der Waals surface area contributed by atoms with Gasteiger partial charge in [0.25, 0.3) is 5.91 Å². The highest BCUT2D eigenvalue weighted by molar-refractivity contribution is 7.89. The molecule has 0 atom stereocenters. The maximum absolute atomic E-state index is 13.0. The van der Waals surface area contributed by atoms with Crippen LogP contribution in [0.15, 0.2) is 23.1 Å². The third kappa shape index (κ3) is 4.47. The van der Waals surface area contributed by atoms with Crippen LogP contribution in [0.1, 0.15) is 43.0 Å². The van der Waals surface area contributed by atoms with Crippen LogP contribution in [0, 0.1) is 5.92 Å². The third-order valence-electron chi connectivity index (χ3n) is 5.62. The minimum atomic E-state index is -3.76. The van der Waals surface area contributed by atoms with Crippen LogP contribution in [0.5, 0.6) is 0 Å². The van der Waals surface area contributed by atoms with Crippen LogP contribution in [-0.4, -0.2) is 62.9 Å². The average molecular weight is 415 g/mol. The summed E-state index contributed by atoms with van der Waals surface area (Å²) < 4.78 is 32.5. The predicted octanol–water partition coefficient (Wildman–Crippen LogP) is 3.01. The van der Waals surface area contributed by atoms with Crippen LogP contribution < -0.4 is 0 Å². The van der Waals surface area contributed by atoms with Crippen LogP contribution >= 0.6 is 11.6 Å². The molecule has 8 heteroatoms. The van der Waals surface area contributed by atoms with Gasteiger partial charge in [-0.25, -0.2) is 8.42 Å². The van der Waals surface area contributed by atoms with Gasteiger partial charge in [-0.1, -0.05) is 18.5 Å². The van der Waals surface area contributed by atoms with Crippen molar-refractivity contribution < 1.29 is 17.9 Å². The molecule has 1 saturated carbocycles. The molecule has 0 unspecified atom stereocenters. The first-order chi connectivity index (χ1) is 12.8. The highest BCUT2D eigenvalue weighted by atomic mass is 35.5. The van der Waals surface area contributed by atoms with Gasteiger partial charge in [-0.15, -0.1) is 0 Å². The third-order valence-corrected chi connectivity index (χ3v) is 8.00. The van der Waals surface area contributed by atoms with Crippen molar-refractivity contribution in [1.82, 2.24) is 9.21 Å². The van der Waals surface area contributed by atoms with E-state index >= 15 is 0 Å². The highest BCUT2D eigenvalue weighted by Gasteiger charge is 2.30. The van der Waals surface area contributed by atoms with Crippen LogP contribution in [0.3, 0.4) is 0 Å². The van der Waals surface area contributed by atoms with E-state index < -0.39 is 10.0 Å². The molecule has 150 valence electrons. The minimum absolute atomic E-state index is 0.0115. The average Bonchev–Trinajstić information content (AvgIpc) is 2.68. The van der Waals surface area contributed by atoms with Crippen molar-refractivity contribution in [2.75, 3.05) is 33.4 Å². The predicted molar refractivity (Wildman–Crippen MR) is 105 cm³/mol. The number of amides is 1. The molecular weight excluding hydrogens is 388 g/mol. The number of sulfonamides is 1. The minimum Gasteiger partial charge on any atom is -0.379 e. The van der Waals surface area contributed by atoms with E-state index in [1.54, 1.807) is 18.0 Å². The zero-order valence-corrected chi connectivity index (χ0v) is 17.4. The van der Waals surface area contributed by atoms with Gasteiger partial charge in [-0.3, -0.25) is 4.79 Å². The molecule has 1 heterocycles. The van der Waals surface area contributed by atoms with Gasteiger partial charge in [-0.2, -0.15) is 4.31 Å². The number of halogens is 1. The van der Waals surface area contributed by atoms with E-state index in [-0.39, 0.29) is 35.0 Å². The number of rotatable bonds is 4. The van der Waals surface area contributed by atoms with E-state index in [2.05, 4.69) is 6.92 Å². The van der Waals surface area contributed by atoms with Crippen molar-refractivity contribution in [3.8, 4) is 0 Å². The molecule has 3 rings (SSSR count). The zero-order valence-electron chi connectivity index (χ0n) is 15.9. The second kappa shape index (κ2) is 8.47. The molecule has 0 aromatic heterocycles. The van der Waals surface area contributed by atoms with E-state index in [4.69, 9.17) is 16.3 Å². The lowest BCUT2D eigenvalue weighted by Gasteiger charge is -2.33. The fourth-order valence-corrected chi connectivity index (χ4v) is 5.67. The Morgan fingerprint density at radius 2 is 1.81 bits per heavy atom. The maximum atomic E-state index is 13.0. The van der Waals surface area contributed by atoms with Crippen molar-refractivity contribution in [1.29, 1.82) is 0 Å². The smallest absolute Gasteiger partial charge is 0.253 e. The second-order valence-electron chi connectivity index (χ2n) is 7.49. The molecule has 2 fully saturated rings. The fraction of sp³-hybridized carbons (Fsp3) is 0.632. The second-order valence-corrected chi connectivity index (χ2v) is 9.80. The number of hydrogen-bond acceptors (Lipinski definition) is 4. The summed E-state index contributed by atoms with van der Waals surface area (Å²) in [5.74, 6) is 0.537. The van der Waals surface area contributed by atoms with Crippen LogP contribution in [0.2, 0.25) is 5.02 Å². The number of carbonyl (C=O) groups is 1. The summed E-state index contributed by atoms with van der Waals surface area (Å²) in [5, 5.41) is 0.132. The number of ether oxygens (including phenoxy) is 1. The van der Waals surface area contributed by atoms with Crippen LogP contribution in [0.4, 0.5) is 0 Å². The molecular formula is C19H27ClN2O4S. The standard InChI is InChI=1S/C19H27ClN2O4S/c1-14-3-6-16(7-4-14)21(2)19(23)15-5-8-17(20)18(13-15)27(24,25)22-9-11-26-12-10-22/h5,8,13-14,16H,3-4,6-7,9-12H2,1-2H3. The van der Waals surface area contributed by atoms with Gasteiger partial charge in [0.15, 0.2) is 0 Å². The lowest BCUT2D eigenvalue weighted by atomic mass is 9.86. The summed E-state index contributed by atoms with van der Waals surface area (Å²) in [6.45, 7) is 3.53. The van der Waals surface area contributed by atoms with Crippen LogP contribution in [-0.2, 0) is 14.8 Å². The molecule has 1 aliphatic carbocycles. The highest BCUT2D eigenvalue weighted by Crippen LogP contribution is 2.29. The Labute approximate surface area is 166 Å². The van der Waals surface area contributed by atoms with Crippen LogP contribution in [0.25, 0.3) is 0 Å². The molecule has 1 aromatic rings. The fourth-order valence-electron chi connectivity index (χ4n) is 3.76. The Kier molecular flexibility index (Phi) is 6.46. The number of nitrogens with zero attached hydrogens (tertiary/aromatic N) is 2. The summed E-state index contributed by atoms with van der Waals surface area (Å²) in [4.78, 5) is 14.7. The molecule has 1 aromatic carbocycles. The SMILES string of the molecule is CC1CCC(N(C)C(=O)c2ccc(Cl)c(S(=O)(=O)N3CCOCC3)c2)CC1. The molecule has 1 amide bonds. The van der Waals surface area contributed by atoms with Gasteiger partial charge in [-0.05, 0) is 49.8 Å². The first kappa shape index (κ1) is 20.6. The summed E-state index contributed by atoms with van der Waals surface area (Å²) in [5.41, 5.74) is 0.354. The normalized spacial score (nSPS) is 24.6. The van der Waals surface area contributed by atoms with Gasteiger partial charge in [0.1, 0.15) is 4.90 Å². The van der Waals surface area contributed by atoms with Gasteiger partial charge in [0.05, 0.1) is 18.2 Å². The van der Waals surface area contributed by atoms with E-state index in [0.717, 1.165) is 25.7 Å². The van der Waals surface area contributed by atoms with Gasteiger partial charge >= 0.3 is 0 Å². The largest absolute Gasteiger partial charge is 0.379 e. The maximum Gasteiger partial charge on any atom is 0.253 e. The quantitative estimate of drug-likeness (QED) is 0.759. The lowest BCUT2D eigenvalue weighted by molar-refractivity contribution is 0.0679. The van der Waals surface area contributed by atoms with Crippen molar-refractivity contribution in [2.24, 2.45) is 5.92 Å². The molecule has 2 aliphatic rings. The molecule has 0 N–H and O–H groups in total. The number of carbonyl (C=O) groups excluding carboxylic acids is 1. The van der Waals surface area contributed by atoms with Crippen molar-refractivity contribution >= 4 is 27.5 Å². The van der Waals surface area contributed by atoms with Gasteiger partial charge in [0, 0.05) is 31.7 Å². The van der Waals surface area contributed by atoms with E-state index in [0.29, 0.717) is 24.7 Å². The van der Waals surface area contributed by atoms with Crippen molar-refractivity contribution in [2.45, 2.75) is 43.5 Å². The van der Waals surface area contributed by atoms with Crippen molar-refractivity contribution in [3.05, 3.63) is 28.8 Å². The first-order valence-corrected chi connectivity index (χ1v) is 11.3. The molecule has 0 spiro atoms. The zero-order chi connectivity index (χ0) is 19.6.